The van der Waals surface area contributed by atoms with Crippen molar-refractivity contribution in [3.8, 4) is 0 Å². The number of thiophene rings is 1. The number of amides is 1. The highest BCUT2D eigenvalue weighted by molar-refractivity contribution is 9.11. The quantitative estimate of drug-likeness (QED) is 0.815. The maximum Gasteiger partial charge on any atom is 0.251 e. The minimum absolute atomic E-state index is 0.0448. The fourth-order valence-electron chi connectivity index (χ4n) is 1.72. The minimum Gasteiger partial charge on any atom is -0.385 e. The Bertz CT molecular complexity index is 566. The van der Waals surface area contributed by atoms with Gasteiger partial charge in [0.1, 0.15) is 0 Å². The summed E-state index contributed by atoms with van der Waals surface area (Å²) in [7, 11) is 0. The zero-order valence-electron chi connectivity index (χ0n) is 11.3. The highest BCUT2D eigenvalue weighted by Gasteiger charge is 2.06. The van der Waals surface area contributed by atoms with Gasteiger partial charge in [-0.1, -0.05) is 6.92 Å². The Kier molecular flexibility index (Phi) is 5.61. The summed E-state index contributed by atoms with van der Waals surface area (Å²) < 4.78 is 1.08. The molecule has 0 atom stereocenters. The standard InChI is InChI=1S/C15H17BrN2OS/c1-2-9-17-12-5-3-11(4-6-12)15(19)18-10-13-7-8-14(16)20-13/h3-8,17H,2,9-10H2,1H3,(H,18,19). The number of nitrogens with one attached hydrogen (secondary N) is 2. The molecular weight excluding hydrogens is 336 g/mol. The molecule has 2 N–H and O–H groups in total. The van der Waals surface area contributed by atoms with Gasteiger partial charge in [0, 0.05) is 22.7 Å². The van der Waals surface area contributed by atoms with Crippen LogP contribution in [0, 0.1) is 0 Å². The summed E-state index contributed by atoms with van der Waals surface area (Å²) in [4.78, 5) is 13.1. The third kappa shape index (κ3) is 4.35. The van der Waals surface area contributed by atoms with Crippen molar-refractivity contribution in [1.29, 1.82) is 0 Å². The van der Waals surface area contributed by atoms with E-state index in [-0.39, 0.29) is 5.91 Å². The predicted octanol–water partition coefficient (Wildman–Crippen LogP) is 4.26. The second kappa shape index (κ2) is 7.45. The van der Waals surface area contributed by atoms with E-state index in [1.54, 1.807) is 11.3 Å². The van der Waals surface area contributed by atoms with Gasteiger partial charge in [0.05, 0.1) is 10.3 Å². The first-order valence-corrected chi connectivity index (χ1v) is 8.16. The summed E-state index contributed by atoms with van der Waals surface area (Å²) in [5.41, 5.74) is 1.73. The number of anilines is 1. The van der Waals surface area contributed by atoms with Crippen molar-refractivity contribution < 1.29 is 4.79 Å². The zero-order chi connectivity index (χ0) is 14.4. The van der Waals surface area contributed by atoms with Gasteiger partial charge < -0.3 is 10.6 Å². The summed E-state index contributed by atoms with van der Waals surface area (Å²) in [5, 5.41) is 6.21. The van der Waals surface area contributed by atoms with Crippen LogP contribution >= 0.6 is 27.3 Å². The first-order chi connectivity index (χ1) is 9.69. The molecule has 1 amide bonds. The van der Waals surface area contributed by atoms with Crippen LogP contribution in [-0.2, 0) is 6.54 Å². The third-order valence-electron chi connectivity index (χ3n) is 2.78. The van der Waals surface area contributed by atoms with E-state index < -0.39 is 0 Å². The Morgan fingerprint density at radius 1 is 1.20 bits per heavy atom. The molecule has 0 bridgehead atoms. The largest absolute Gasteiger partial charge is 0.385 e. The van der Waals surface area contributed by atoms with Gasteiger partial charge in [0.25, 0.3) is 5.91 Å². The van der Waals surface area contributed by atoms with Crippen LogP contribution in [0.4, 0.5) is 5.69 Å². The number of rotatable bonds is 6. The number of hydrogen-bond acceptors (Lipinski definition) is 3. The van der Waals surface area contributed by atoms with Crippen molar-refractivity contribution in [2.45, 2.75) is 19.9 Å². The first kappa shape index (κ1) is 15.1. The zero-order valence-corrected chi connectivity index (χ0v) is 13.7. The van der Waals surface area contributed by atoms with E-state index >= 15 is 0 Å². The van der Waals surface area contributed by atoms with Crippen molar-refractivity contribution in [2.24, 2.45) is 0 Å². The molecule has 2 aromatic rings. The summed E-state index contributed by atoms with van der Waals surface area (Å²) in [6.45, 7) is 3.63. The van der Waals surface area contributed by atoms with Crippen molar-refractivity contribution >= 4 is 38.9 Å². The maximum atomic E-state index is 12.0. The second-order valence-electron chi connectivity index (χ2n) is 4.39. The molecule has 1 aromatic heterocycles. The fourth-order valence-corrected chi connectivity index (χ4v) is 3.15. The van der Waals surface area contributed by atoms with Gasteiger partial charge in [-0.2, -0.15) is 0 Å². The monoisotopic (exact) mass is 352 g/mol. The number of benzene rings is 1. The van der Waals surface area contributed by atoms with Gasteiger partial charge in [0.2, 0.25) is 0 Å². The van der Waals surface area contributed by atoms with Crippen LogP contribution in [0.1, 0.15) is 28.6 Å². The molecule has 0 spiro atoms. The molecule has 5 heteroatoms. The number of hydrogen-bond donors (Lipinski definition) is 2. The predicted molar refractivity (Wildman–Crippen MR) is 88.4 cm³/mol. The van der Waals surface area contributed by atoms with Crippen LogP contribution < -0.4 is 10.6 Å². The molecule has 0 aliphatic heterocycles. The Hall–Kier alpha value is -1.33. The van der Waals surface area contributed by atoms with Crippen molar-refractivity contribution in [1.82, 2.24) is 5.32 Å². The lowest BCUT2D eigenvalue weighted by atomic mass is 10.2. The molecule has 0 aliphatic rings. The van der Waals surface area contributed by atoms with Crippen molar-refractivity contribution in [3.05, 3.63) is 50.6 Å². The van der Waals surface area contributed by atoms with E-state index in [1.807, 2.05) is 36.4 Å². The Morgan fingerprint density at radius 3 is 2.55 bits per heavy atom. The number of carbonyl (C=O) groups excluding carboxylic acids is 1. The molecule has 1 heterocycles. The number of halogens is 1. The van der Waals surface area contributed by atoms with Crippen LogP contribution in [0.15, 0.2) is 40.2 Å². The third-order valence-corrected chi connectivity index (χ3v) is 4.40. The first-order valence-electron chi connectivity index (χ1n) is 6.55. The Labute approximate surface area is 131 Å². The minimum atomic E-state index is -0.0448. The van der Waals surface area contributed by atoms with E-state index in [9.17, 15) is 4.79 Å². The highest BCUT2D eigenvalue weighted by Crippen LogP contribution is 2.21. The number of carbonyl (C=O) groups is 1. The highest BCUT2D eigenvalue weighted by atomic mass is 79.9. The lowest BCUT2D eigenvalue weighted by molar-refractivity contribution is 0.0951. The van der Waals surface area contributed by atoms with E-state index in [0.717, 1.165) is 27.3 Å². The summed E-state index contributed by atoms with van der Waals surface area (Å²) in [6.07, 6.45) is 1.08. The molecule has 0 saturated carbocycles. The van der Waals surface area contributed by atoms with Gasteiger partial charge in [-0.3, -0.25) is 4.79 Å². The maximum absolute atomic E-state index is 12.0. The lowest BCUT2D eigenvalue weighted by Crippen LogP contribution is -2.22. The van der Waals surface area contributed by atoms with Crippen LogP contribution in [0.3, 0.4) is 0 Å². The van der Waals surface area contributed by atoms with Gasteiger partial charge in [0.15, 0.2) is 0 Å². The van der Waals surface area contributed by atoms with Crippen LogP contribution in [0.2, 0.25) is 0 Å². The van der Waals surface area contributed by atoms with Gasteiger partial charge in [-0.15, -0.1) is 11.3 Å². The molecule has 1 aromatic carbocycles. The molecular formula is C15H17BrN2OS. The van der Waals surface area contributed by atoms with E-state index in [2.05, 4.69) is 33.5 Å². The van der Waals surface area contributed by atoms with Crippen LogP contribution in [0.5, 0.6) is 0 Å². The topological polar surface area (TPSA) is 41.1 Å². The fraction of sp³-hybridized carbons (Fsp3) is 0.267. The van der Waals surface area contributed by atoms with Gasteiger partial charge >= 0.3 is 0 Å². The van der Waals surface area contributed by atoms with Gasteiger partial charge in [-0.25, -0.2) is 0 Å². The van der Waals surface area contributed by atoms with E-state index in [0.29, 0.717) is 12.1 Å². The second-order valence-corrected chi connectivity index (χ2v) is 6.94. The SMILES string of the molecule is CCCNc1ccc(C(=O)NCc2ccc(Br)s2)cc1. The molecule has 2 rings (SSSR count). The lowest BCUT2D eigenvalue weighted by Gasteiger charge is -2.07. The summed E-state index contributed by atoms with van der Waals surface area (Å²) in [6, 6.07) is 11.6. The molecule has 0 aliphatic carbocycles. The summed E-state index contributed by atoms with van der Waals surface area (Å²) >= 11 is 5.04. The summed E-state index contributed by atoms with van der Waals surface area (Å²) in [5.74, 6) is -0.0448. The average molecular weight is 353 g/mol. The van der Waals surface area contributed by atoms with E-state index in [4.69, 9.17) is 0 Å². The average Bonchev–Trinajstić information content (AvgIpc) is 2.89. The Balaban J connectivity index is 1.88. The molecule has 3 nitrogen and oxygen atoms in total. The van der Waals surface area contributed by atoms with Crippen molar-refractivity contribution in [2.75, 3.05) is 11.9 Å². The smallest absolute Gasteiger partial charge is 0.251 e. The van der Waals surface area contributed by atoms with E-state index in [1.165, 1.54) is 0 Å². The molecule has 106 valence electrons. The van der Waals surface area contributed by atoms with Crippen LogP contribution in [0.25, 0.3) is 0 Å². The van der Waals surface area contributed by atoms with Crippen molar-refractivity contribution in [3.63, 3.8) is 0 Å². The van der Waals surface area contributed by atoms with Gasteiger partial charge in [-0.05, 0) is 58.7 Å². The molecule has 0 unspecified atom stereocenters. The molecule has 0 radical (unpaired) electrons. The Morgan fingerprint density at radius 2 is 1.95 bits per heavy atom. The molecule has 0 saturated heterocycles. The normalized spacial score (nSPS) is 10.3. The molecule has 0 fully saturated rings. The van der Waals surface area contributed by atoms with Crippen LogP contribution in [-0.4, -0.2) is 12.5 Å². The molecule has 20 heavy (non-hydrogen) atoms.